The normalized spacial score (nSPS) is 17.4. The van der Waals surface area contributed by atoms with Crippen molar-refractivity contribution in [3.63, 3.8) is 0 Å². The van der Waals surface area contributed by atoms with Crippen molar-refractivity contribution in [3.05, 3.63) is 82.0 Å². The number of H-pyrrole nitrogens is 1. The molecule has 30 heavy (non-hydrogen) atoms. The Labute approximate surface area is 176 Å². The number of rotatable bonds is 6. The van der Waals surface area contributed by atoms with Gasteiger partial charge in [0, 0.05) is 41.7 Å². The summed E-state index contributed by atoms with van der Waals surface area (Å²) in [6.45, 7) is 1.88. The lowest BCUT2D eigenvalue weighted by molar-refractivity contribution is -0.384. The molecule has 2 heterocycles. The van der Waals surface area contributed by atoms with Crippen LogP contribution in [0.3, 0.4) is 0 Å². The highest BCUT2D eigenvalue weighted by Gasteiger charge is 2.23. The van der Waals surface area contributed by atoms with E-state index in [4.69, 9.17) is 4.74 Å². The predicted molar refractivity (Wildman–Crippen MR) is 117 cm³/mol. The standard InChI is InChI=1S/C24H27N3O3/c1-30-24-14-12-20(27(28)29)16-21(24)22-13-11-19(25-22)17-26-15-7-3-6-10-23(26)18-8-4-2-5-9-18/h2,4-5,8-9,11-14,16,23,25H,3,6-7,10,15,17H2,1H3. The summed E-state index contributed by atoms with van der Waals surface area (Å²) >= 11 is 0. The number of ether oxygens (including phenoxy) is 1. The van der Waals surface area contributed by atoms with Crippen LogP contribution in [-0.4, -0.2) is 28.5 Å². The molecule has 6 nitrogen and oxygen atoms in total. The molecule has 0 radical (unpaired) electrons. The van der Waals surface area contributed by atoms with Gasteiger partial charge in [-0.2, -0.15) is 0 Å². The van der Waals surface area contributed by atoms with E-state index in [1.54, 1.807) is 19.2 Å². The van der Waals surface area contributed by atoms with Crippen LogP contribution in [0.25, 0.3) is 11.3 Å². The van der Waals surface area contributed by atoms with Gasteiger partial charge in [-0.25, -0.2) is 0 Å². The molecule has 0 aliphatic carbocycles. The lowest BCUT2D eigenvalue weighted by Crippen LogP contribution is -2.28. The van der Waals surface area contributed by atoms with Crippen LogP contribution < -0.4 is 4.74 Å². The number of likely N-dealkylation sites (tertiary alicyclic amines) is 1. The number of nitro groups is 1. The van der Waals surface area contributed by atoms with Gasteiger partial charge in [0.15, 0.2) is 0 Å². The van der Waals surface area contributed by atoms with Crippen LogP contribution in [0, 0.1) is 10.1 Å². The van der Waals surface area contributed by atoms with Crippen molar-refractivity contribution >= 4 is 5.69 Å². The Kier molecular flexibility index (Phi) is 6.14. The molecule has 1 atom stereocenters. The molecule has 4 rings (SSSR count). The average molecular weight is 405 g/mol. The summed E-state index contributed by atoms with van der Waals surface area (Å²) in [6, 6.07) is 19.9. The van der Waals surface area contributed by atoms with Gasteiger partial charge >= 0.3 is 0 Å². The summed E-state index contributed by atoms with van der Waals surface area (Å²) in [5.41, 5.74) is 4.05. The number of non-ortho nitro benzene ring substituents is 1. The van der Waals surface area contributed by atoms with Gasteiger partial charge in [-0.3, -0.25) is 15.0 Å². The molecule has 0 bridgehead atoms. The molecule has 0 amide bonds. The van der Waals surface area contributed by atoms with Gasteiger partial charge < -0.3 is 9.72 Å². The Balaban J connectivity index is 1.59. The Bertz CT molecular complexity index is 1000. The number of nitro benzene ring substituents is 1. The Morgan fingerprint density at radius 1 is 1.10 bits per heavy atom. The molecule has 1 N–H and O–H groups in total. The van der Waals surface area contributed by atoms with E-state index >= 15 is 0 Å². The lowest BCUT2D eigenvalue weighted by atomic mass is 10.0. The molecular weight excluding hydrogens is 378 g/mol. The van der Waals surface area contributed by atoms with E-state index in [-0.39, 0.29) is 10.6 Å². The number of nitrogens with zero attached hydrogens (tertiary/aromatic N) is 2. The summed E-state index contributed by atoms with van der Waals surface area (Å²) in [7, 11) is 1.58. The number of hydrogen-bond acceptors (Lipinski definition) is 4. The monoisotopic (exact) mass is 405 g/mol. The second-order valence-electron chi connectivity index (χ2n) is 7.79. The zero-order valence-electron chi connectivity index (χ0n) is 17.2. The Morgan fingerprint density at radius 3 is 2.70 bits per heavy atom. The van der Waals surface area contributed by atoms with Crippen LogP contribution in [0.5, 0.6) is 5.75 Å². The molecular formula is C24H27N3O3. The Morgan fingerprint density at radius 2 is 1.93 bits per heavy atom. The molecule has 1 aromatic heterocycles. The maximum absolute atomic E-state index is 11.2. The highest BCUT2D eigenvalue weighted by molar-refractivity contribution is 5.70. The third-order valence-corrected chi connectivity index (χ3v) is 5.85. The number of aromatic nitrogens is 1. The van der Waals surface area contributed by atoms with Crippen molar-refractivity contribution < 1.29 is 9.66 Å². The highest BCUT2D eigenvalue weighted by atomic mass is 16.6. The molecule has 0 spiro atoms. The van der Waals surface area contributed by atoms with Crippen molar-refractivity contribution in [2.24, 2.45) is 0 Å². The zero-order valence-corrected chi connectivity index (χ0v) is 17.2. The number of benzene rings is 2. The molecule has 0 saturated carbocycles. The smallest absolute Gasteiger partial charge is 0.270 e. The van der Waals surface area contributed by atoms with E-state index in [1.165, 1.54) is 30.9 Å². The van der Waals surface area contributed by atoms with Crippen molar-refractivity contribution in [1.82, 2.24) is 9.88 Å². The fraction of sp³-hybridized carbons (Fsp3) is 0.333. The summed E-state index contributed by atoms with van der Waals surface area (Å²) in [5, 5.41) is 11.2. The largest absolute Gasteiger partial charge is 0.496 e. The quantitative estimate of drug-likeness (QED) is 0.421. The predicted octanol–water partition coefficient (Wildman–Crippen LogP) is 5.72. The van der Waals surface area contributed by atoms with E-state index in [9.17, 15) is 10.1 Å². The van der Waals surface area contributed by atoms with Crippen LogP contribution in [0.1, 0.15) is 43.0 Å². The van der Waals surface area contributed by atoms with Gasteiger partial charge in [0.1, 0.15) is 5.75 Å². The van der Waals surface area contributed by atoms with Gasteiger partial charge in [-0.15, -0.1) is 0 Å². The van der Waals surface area contributed by atoms with E-state index in [0.717, 1.165) is 30.9 Å². The number of methoxy groups -OCH3 is 1. The van der Waals surface area contributed by atoms with E-state index < -0.39 is 0 Å². The average Bonchev–Trinajstić information content (AvgIpc) is 3.11. The second-order valence-corrected chi connectivity index (χ2v) is 7.79. The maximum atomic E-state index is 11.2. The molecule has 1 unspecified atom stereocenters. The fourth-order valence-electron chi connectivity index (χ4n) is 4.34. The summed E-state index contributed by atoms with van der Waals surface area (Å²) < 4.78 is 5.43. The maximum Gasteiger partial charge on any atom is 0.270 e. The van der Waals surface area contributed by atoms with Crippen molar-refractivity contribution in [2.75, 3.05) is 13.7 Å². The molecule has 1 aliphatic rings. The second kappa shape index (κ2) is 9.13. The molecule has 2 aromatic carbocycles. The van der Waals surface area contributed by atoms with Crippen molar-refractivity contribution in [2.45, 2.75) is 38.3 Å². The molecule has 156 valence electrons. The first-order valence-electron chi connectivity index (χ1n) is 10.5. The fourth-order valence-corrected chi connectivity index (χ4v) is 4.34. The van der Waals surface area contributed by atoms with Gasteiger partial charge in [0.25, 0.3) is 5.69 Å². The minimum absolute atomic E-state index is 0.0543. The molecule has 3 aromatic rings. The number of nitrogens with one attached hydrogen (secondary N) is 1. The molecule has 6 heteroatoms. The first-order valence-corrected chi connectivity index (χ1v) is 10.5. The number of aromatic amines is 1. The summed E-state index contributed by atoms with van der Waals surface area (Å²) in [6.07, 6.45) is 4.88. The van der Waals surface area contributed by atoms with Crippen LogP contribution in [0.4, 0.5) is 5.69 Å². The molecule has 1 fully saturated rings. The van der Waals surface area contributed by atoms with E-state index in [2.05, 4.69) is 46.3 Å². The van der Waals surface area contributed by atoms with Crippen LogP contribution in [-0.2, 0) is 6.54 Å². The Hall–Kier alpha value is -3.12. The minimum atomic E-state index is -0.380. The lowest BCUT2D eigenvalue weighted by Gasteiger charge is -2.30. The van der Waals surface area contributed by atoms with E-state index in [1.807, 2.05) is 6.07 Å². The SMILES string of the molecule is COc1ccc([N+](=O)[O-])cc1-c1ccc(CN2CCCCCC2c2ccccc2)[nH]1. The van der Waals surface area contributed by atoms with Crippen molar-refractivity contribution in [3.8, 4) is 17.0 Å². The van der Waals surface area contributed by atoms with Crippen LogP contribution in [0.2, 0.25) is 0 Å². The number of hydrogen-bond donors (Lipinski definition) is 1. The van der Waals surface area contributed by atoms with Crippen LogP contribution >= 0.6 is 0 Å². The zero-order chi connectivity index (χ0) is 20.9. The highest BCUT2D eigenvalue weighted by Crippen LogP contribution is 2.34. The van der Waals surface area contributed by atoms with Crippen molar-refractivity contribution in [1.29, 1.82) is 0 Å². The van der Waals surface area contributed by atoms with Gasteiger partial charge in [0.2, 0.25) is 0 Å². The minimum Gasteiger partial charge on any atom is -0.496 e. The van der Waals surface area contributed by atoms with E-state index in [0.29, 0.717) is 17.4 Å². The van der Waals surface area contributed by atoms with Gasteiger partial charge in [-0.05, 0) is 43.1 Å². The van der Waals surface area contributed by atoms with Gasteiger partial charge in [0.05, 0.1) is 12.0 Å². The first-order chi connectivity index (χ1) is 14.7. The third-order valence-electron chi connectivity index (χ3n) is 5.85. The topological polar surface area (TPSA) is 71.4 Å². The third kappa shape index (κ3) is 4.39. The van der Waals surface area contributed by atoms with Crippen LogP contribution in [0.15, 0.2) is 60.7 Å². The van der Waals surface area contributed by atoms with Gasteiger partial charge in [-0.1, -0.05) is 43.2 Å². The molecule has 1 aliphatic heterocycles. The summed E-state index contributed by atoms with van der Waals surface area (Å²) in [5.74, 6) is 0.617. The first kappa shape index (κ1) is 20.2. The molecule has 1 saturated heterocycles. The summed E-state index contributed by atoms with van der Waals surface area (Å²) in [4.78, 5) is 16.8.